The van der Waals surface area contributed by atoms with Crippen LogP contribution in [-0.4, -0.2) is 37.1 Å². The van der Waals surface area contributed by atoms with Crippen molar-refractivity contribution in [1.29, 1.82) is 0 Å². The first kappa shape index (κ1) is 16.5. The Morgan fingerprint density at radius 1 is 1.35 bits per heavy atom. The number of esters is 1. The van der Waals surface area contributed by atoms with Crippen molar-refractivity contribution in [3.63, 3.8) is 0 Å². The van der Waals surface area contributed by atoms with Gasteiger partial charge in [0, 0.05) is 19.4 Å². The van der Waals surface area contributed by atoms with Crippen molar-refractivity contribution >= 4 is 28.3 Å². The van der Waals surface area contributed by atoms with Crippen LogP contribution >= 0.6 is 11.3 Å². The quantitative estimate of drug-likeness (QED) is 0.507. The molecule has 0 aliphatic rings. The molecular weight excluding hydrogens is 350 g/mol. The van der Waals surface area contributed by atoms with Gasteiger partial charge in [-0.05, 0) is 30.5 Å². The fraction of sp³-hybridized carbons (Fsp3) is 0.222. The number of thiophene rings is 1. The second-order valence-corrected chi connectivity index (χ2v) is 6.79. The molecule has 0 aromatic carbocycles. The Balaban J connectivity index is 1.69. The number of aromatic nitrogens is 5. The Morgan fingerprint density at radius 2 is 2.23 bits per heavy atom. The van der Waals surface area contributed by atoms with Gasteiger partial charge in [-0.25, -0.2) is 9.78 Å². The van der Waals surface area contributed by atoms with Crippen LogP contribution in [0.4, 0.5) is 0 Å². The second-order valence-electron chi connectivity index (χ2n) is 5.85. The predicted molar refractivity (Wildman–Crippen MR) is 99.1 cm³/mol. The molecule has 0 unspecified atom stereocenters. The number of nitrogens with zero attached hydrogens (tertiary/aromatic N) is 5. The number of hydrogen-bond acceptors (Lipinski definition) is 6. The molecule has 0 amide bonds. The monoisotopic (exact) mass is 367 g/mol. The van der Waals surface area contributed by atoms with Gasteiger partial charge in [-0.2, -0.15) is 10.2 Å². The summed E-state index contributed by atoms with van der Waals surface area (Å²) in [6.45, 7) is 2.63. The molecule has 26 heavy (non-hydrogen) atoms. The van der Waals surface area contributed by atoms with E-state index in [-0.39, 0.29) is 12.6 Å². The maximum atomic E-state index is 12.8. The highest BCUT2D eigenvalue weighted by molar-refractivity contribution is 7.13. The number of hydrogen-bond donors (Lipinski definition) is 0. The summed E-state index contributed by atoms with van der Waals surface area (Å²) >= 11 is 1.58. The van der Waals surface area contributed by atoms with Gasteiger partial charge < -0.3 is 4.74 Å². The van der Waals surface area contributed by atoms with Crippen molar-refractivity contribution in [2.24, 2.45) is 7.05 Å². The molecule has 0 spiro atoms. The zero-order valence-electron chi connectivity index (χ0n) is 14.4. The van der Waals surface area contributed by atoms with E-state index in [0.29, 0.717) is 17.8 Å². The van der Waals surface area contributed by atoms with E-state index in [2.05, 4.69) is 10.2 Å². The fourth-order valence-corrected chi connectivity index (χ4v) is 3.58. The van der Waals surface area contributed by atoms with E-state index in [1.165, 1.54) is 0 Å². The first-order chi connectivity index (χ1) is 12.6. The normalized spacial score (nSPS) is 11.2. The lowest BCUT2D eigenvalue weighted by Crippen LogP contribution is -2.12. The molecule has 0 radical (unpaired) electrons. The molecule has 8 heteroatoms. The molecule has 0 N–H and O–H groups in total. The van der Waals surface area contributed by atoms with E-state index < -0.39 is 0 Å². The predicted octanol–water partition coefficient (Wildman–Crippen LogP) is 3.06. The maximum Gasteiger partial charge on any atom is 0.339 e. The molecule has 0 saturated carbocycles. The average molecular weight is 367 g/mol. The molecule has 4 aromatic heterocycles. The van der Waals surface area contributed by atoms with Gasteiger partial charge in [0.15, 0.2) is 5.65 Å². The third-order valence-electron chi connectivity index (χ3n) is 4.07. The van der Waals surface area contributed by atoms with Crippen LogP contribution in [0.25, 0.3) is 21.6 Å². The zero-order valence-corrected chi connectivity index (χ0v) is 15.2. The van der Waals surface area contributed by atoms with Crippen LogP contribution in [0.15, 0.2) is 42.0 Å². The third kappa shape index (κ3) is 2.99. The third-order valence-corrected chi connectivity index (χ3v) is 4.97. The molecule has 0 fully saturated rings. The number of pyridine rings is 1. The van der Waals surface area contributed by atoms with Gasteiger partial charge in [-0.3, -0.25) is 9.36 Å². The first-order valence-corrected chi connectivity index (χ1v) is 9.04. The van der Waals surface area contributed by atoms with Crippen molar-refractivity contribution in [2.45, 2.75) is 13.5 Å². The number of rotatable bonds is 5. The number of carbonyl (C=O) groups excluding carboxylic acids is 1. The number of fused-ring (bicyclic) bond motifs is 1. The minimum absolute atomic E-state index is 0.248. The fourth-order valence-electron chi connectivity index (χ4n) is 2.90. The molecule has 0 aliphatic carbocycles. The minimum atomic E-state index is -0.376. The Hall–Kier alpha value is -3.00. The Labute approximate surface area is 153 Å². The van der Waals surface area contributed by atoms with Crippen LogP contribution in [0, 0.1) is 6.92 Å². The topological polar surface area (TPSA) is 74.8 Å². The zero-order chi connectivity index (χ0) is 18.1. The van der Waals surface area contributed by atoms with Gasteiger partial charge in [-0.1, -0.05) is 6.07 Å². The summed E-state index contributed by atoms with van der Waals surface area (Å²) in [5, 5.41) is 11.2. The summed E-state index contributed by atoms with van der Waals surface area (Å²) in [4.78, 5) is 18.4. The largest absolute Gasteiger partial charge is 0.460 e. The van der Waals surface area contributed by atoms with E-state index in [1.54, 1.807) is 33.0 Å². The van der Waals surface area contributed by atoms with Crippen LogP contribution in [0.5, 0.6) is 0 Å². The summed E-state index contributed by atoms with van der Waals surface area (Å²) in [6, 6.07) is 7.57. The lowest BCUT2D eigenvalue weighted by molar-refractivity contribution is 0.0490. The number of aryl methyl sites for hydroxylation is 2. The summed E-state index contributed by atoms with van der Waals surface area (Å²) in [7, 11) is 1.83. The number of carbonyl (C=O) groups is 1. The molecular formula is C18H17N5O2S. The summed E-state index contributed by atoms with van der Waals surface area (Å²) in [5.41, 5.74) is 2.66. The second kappa shape index (κ2) is 6.72. The van der Waals surface area contributed by atoms with E-state index in [4.69, 9.17) is 9.72 Å². The molecule has 132 valence electrons. The summed E-state index contributed by atoms with van der Waals surface area (Å²) < 4.78 is 8.91. The van der Waals surface area contributed by atoms with E-state index in [0.717, 1.165) is 21.7 Å². The molecule has 0 bridgehead atoms. The highest BCUT2D eigenvalue weighted by Crippen LogP contribution is 2.29. The van der Waals surface area contributed by atoms with Gasteiger partial charge in [0.2, 0.25) is 0 Å². The molecule has 0 atom stereocenters. The molecule has 4 heterocycles. The lowest BCUT2D eigenvalue weighted by atomic mass is 10.1. The molecule has 4 rings (SSSR count). The van der Waals surface area contributed by atoms with Crippen LogP contribution in [0.3, 0.4) is 0 Å². The van der Waals surface area contributed by atoms with Crippen molar-refractivity contribution < 1.29 is 9.53 Å². The molecule has 0 aliphatic heterocycles. The molecule has 7 nitrogen and oxygen atoms in total. The van der Waals surface area contributed by atoms with E-state index in [9.17, 15) is 4.79 Å². The van der Waals surface area contributed by atoms with Gasteiger partial charge in [-0.15, -0.1) is 11.3 Å². The van der Waals surface area contributed by atoms with Gasteiger partial charge in [0.25, 0.3) is 0 Å². The van der Waals surface area contributed by atoms with Crippen LogP contribution in [0.1, 0.15) is 16.1 Å². The first-order valence-electron chi connectivity index (χ1n) is 8.16. The SMILES string of the molecule is Cc1nn(C)c2nc(-c3cccs3)cc(C(=O)OCCn3cccn3)c12. The molecule has 0 saturated heterocycles. The number of ether oxygens (including phenoxy) is 1. The average Bonchev–Trinajstić information content (AvgIpc) is 3.37. The summed E-state index contributed by atoms with van der Waals surface area (Å²) in [6.07, 6.45) is 3.53. The van der Waals surface area contributed by atoms with Crippen LogP contribution in [-0.2, 0) is 18.3 Å². The van der Waals surface area contributed by atoms with Gasteiger partial charge in [0.1, 0.15) is 6.61 Å². The lowest BCUT2D eigenvalue weighted by Gasteiger charge is -2.08. The van der Waals surface area contributed by atoms with E-state index >= 15 is 0 Å². The Morgan fingerprint density at radius 3 is 2.96 bits per heavy atom. The van der Waals surface area contributed by atoms with E-state index in [1.807, 2.05) is 43.7 Å². The van der Waals surface area contributed by atoms with Gasteiger partial charge in [0.05, 0.1) is 33.8 Å². The Kier molecular flexibility index (Phi) is 4.26. The standard InChI is InChI=1S/C18H17N5O2S/c1-12-16-13(18(24)25-9-8-23-7-4-6-19-23)11-14(15-5-3-10-26-15)20-17(16)22(2)21-12/h3-7,10-11H,8-9H2,1-2H3. The summed E-state index contributed by atoms with van der Waals surface area (Å²) in [5.74, 6) is -0.376. The molecule has 4 aromatic rings. The van der Waals surface area contributed by atoms with Crippen molar-refractivity contribution in [3.8, 4) is 10.6 Å². The maximum absolute atomic E-state index is 12.8. The van der Waals surface area contributed by atoms with Crippen LogP contribution in [0.2, 0.25) is 0 Å². The van der Waals surface area contributed by atoms with Crippen molar-refractivity contribution in [2.75, 3.05) is 6.61 Å². The highest BCUT2D eigenvalue weighted by atomic mass is 32.1. The van der Waals surface area contributed by atoms with Crippen LogP contribution < -0.4 is 0 Å². The highest BCUT2D eigenvalue weighted by Gasteiger charge is 2.20. The Bertz CT molecular complexity index is 1050. The minimum Gasteiger partial charge on any atom is -0.460 e. The van der Waals surface area contributed by atoms with Crippen molar-refractivity contribution in [1.82, 2.24) is 24.5 Å². The van der Waals surface area contributed by atoms with Gasteiger partial charge >= 0.3 is 5.97 Å². The smallest absolute Gasteiger partial charge is 0.339 e. The van der Waals surface area contributed by atoms with Crippen molar-refractivity contribution in [3.05, 3.63) is 53.3 Å².